The van der Waals surface area contributed by atoms with Gasteiger partial charge in [-0.1, -0.05) is 18.2 Å². The van der Waals surface area contributed by atoms with Crippen molar-refractivity contribution in [3.8, 4) is 17.2 Å². The fourth-order valence-electron chi connectivity index (χ4n) is 4.30. The van der Waals surface area contributed by atoms with Gasteiger partial charge < -0.3 is 34.7 Å². The van der Waals surface area contributed by atoms with Crippen LogP contribution >= 0.6 is 0 Å². The van der Waals surface area contributed by atoms with E-state index in [-0.39, 0.29) is 18.4 Å². The second-order valence-corrected chi connectivity index (χ2v) is 8.10. The number of hydrogen-bond acceptors (Lipinski definition) is 5. The third-order valence-corrected chi connectivity index (χ3v) is 5.98. The first-order valence-corrected chi connectivity index (χ1v) is 11.2. The van der Waals surface area contributed by atoms with Crippen molar-refractivity contribution in [2.24, 2.45) is 0 Å². The van der Waals surface area contributed by atoms with Crippen LogP contribution in [0.2, 0.25) is 0 Å². The molecule has 34 heavy (non-hydrogen) atoms. The number of benzene rings is 2. The molecule has 0 fully saturated rings. The molecule has 2 aromatic carbocycles. The van der Waals surface area contributed by atoms with Crippen LogP contribution in [-0.4, -0.2) is 56.2 Å². The standard InChI is InChI=1S/C25H30N4O5/c1-32-21-13-16(14-22(33-2)24(21)34-3)27-23(30)9-6-11-26-25(31)29-12-10-18-17-7-4-5-8-19(17)28-20(18)15-29/h4-5,7-8,13-14,28H,6,9-12,15H2,1-3H3,(H,26,31)(H,27,30). The van der Waals surface area contributed by atoms with Crippen LogP contribution in [0.15, 0.2) is 36.4 Å². The normalized spacial score (nSPS) is 12.7. The zero-order valence-electron chi connectivity index (χ0n) is 19.7. The number of ether oxygens (including phenoxy) is 3. The second kappa shape index (κ2) is 10.4. The minimum absolute atomic E-state index is 0.116. The van der Waals surface area contributed by atoms with Crippen molar-refractivity contribution in [1.82, 2.24) is 15.2 Å². The van der Waals surface area contributed by atoms with E-state index in [2.05, 4.69) is 27.8 Å². The third kappa shape index (κ3) is 4.88. The predicted octanol–water partition coefficient (Wildman–Crippen LogP) is 3.68. The number of aromatic nitrogens is 1. The summed E-state index contributed by atoms with van der Waals surface area (Å²) in [4.78, 5) is 30.2. The highest BCUT2D eigenvalue weighted by atomic mass is 16.5. The summed E-state index contributed by atoms with van der Waals surface area (Å²) in [7, 11) is 4.57. The van der Waals surface area contributed by atoms with Crippen LogP contribution in [0.3, 0.4) is 0 Å². The summed E-state index contributed by atoms with van der Waals surface area (Å²) in [5.41, 5.74) is 4.04. The number of methoxy groups -OCH3 is 3. The van der Waals surface area contributed by atoms with E-state index in [1.54, 1.807) is 17.0 Å². The lowest BCUT2D eigenvalue weighted by atomic mass is 10.0. The Bertz CT molecular complexity index is 1160. The molecule has 0 spiro atoms. The van der Waals surface area contributed by atoms with Gasteiger partial charge >= 0.3 is 6.03 Å². The largest absolute Gasteiger partial charge is 0.493 e. The van der Waals surface area contributed by atoms with Crippen LogP contribution in [0.5, 0.6) is 17.2 Å². The number of nitrogens with zero attached hydrogens (tertiary/aromatic N) is 1. The number of aromatic amines is 1. The molecule has 1 aromatic heterocycles. The zero-order valence-corrected chi connectivity index (χ0v) is 19.7. The molecule has 9 nitrogen and oxygen atoms in total. The maximum atomic E-state index is 12.6. The molecule has 1 aliphatic rings. The quantitative estimate of drug-likeness (QED) is 0.439. The SMILES string of the molecule is COc1cc(NC(=O)CCCNC(=O)N2CCc3c([nH]c4ccccc34)C2)cc(OC)c1OC. The average molecular weight is 467 g/mol. The van der Waals surface area contributed by atoms with Gasteiger partial charge in [0.2, 0.25) is 11.7 Å². The van der Waals surface area contributed by atoms with Gasteiger partial charge in [0.15, 0.2) is 11.5 Å². The zero-order chi connectivity index (χ0) is 24.1. The highest BCUT2D eigenvalue weighted by molar-refractivity contribution is 5.91. The molecule has 0 saturated carbocycles. The van der Waals surface area contributed by atoms with E-state index in [0.717, 1.165) is 17.6 Å². The molecule has 4 rings (SSSR count). The van der Waals surface area contributed by atoms with E-state index in [0.29, 0.717) is 49.0 Å². The minimum Gasteiger partial charge on any atom is -0.493 e. The maximum Gasteiger partial charge on any atom is 0.317 e. The number of amides is 3. The van der Waals surface area contributed by atoms with E-state index in [4.69, 9.17) is 14.2 Å². The lowest BCUT2D eigenvalue weighted by Crippen LogP contribution is -2.43. The van der Waals surface area contributed by atoms with Crippen LogP contribution < -0.4 is 24.8 Å². The van der Waals surface area contributed by atoms with Gasteiger partial charge in [-0.15, -0.1) is 0 Å². The molecule has 3 amide bonds. The maximum absolute atomic E-state index is 12.6. The van der Waals surface area contributed by atoms with E-state index >= 15 is 0 Å². The number of para-hydroxylation sites is 1. The van der Waals surface area contributed by atoms with Crippen LogP contribution in [0.25, 0.3) is 10.9 Å². The van der Waals surface area contributed by atoms with Gasteiger partial charge in [-0.05, 0) is 24.5 Å². The smallest absolute Gasteiger partial charge is 0.317 e. The highest BCUT2D eigenvalue weighted by Crippen LogP contribution is 2.40. The molecule has 9 heteroatoms. The van der Waals surface area contributed by atoms with Crippen molar-refractivity contribution in [1.29, 1.82) is 0 Å². The monoisotopic (exact) mass is 466 g/mol. The summed E-state index contributed by atoms with van der Waals surface area (Å²) >= 11 is 0. The molecule has 0 aliphatic carbocycles. The molecule has 2 heterocycles. The Morgan fingerprint density at radius 2 is 1.79 bits per heavy atom. The molecule has 3 N–H and O–H groups in total. The molecule has 0 saturated heterocycles. The van der Waals surface area contributed by atoms with Crippen molar-refractivity contribution in [3.05, 3.63) is 47.7 Å². The van der Waals surface area contributed by atoms with Crippen LogP contribution in [0.4, 0.5) is 10.5 Å². The number of rotatable bonds is 8. The van der Waals surface area contributed by atoms with Crippen LogP contribution in [0, 0.1) is 0 Å². The molecule has 1 aliphatic heterocycles. The molecular formula is C25H30N4O5. The van der Waals surface area contributed by atoms with Crippen molar-refractivity contribution in [2.45, 2.75) is 25.8 Å². The van der Waals surface area contributed by atoms with Gasteiger partial charge in [-0.2, -0.15) is 0 Å². The Kier molecular flexibility index (Phi) is 7.10. The molecule has 0 radical (unpaired) electrons. The number of nitrogens with one attached hydrogen (secondary N) is 3. The summed E-state index contributed by atoms with van der Waals surface area (Å²) in [6, 6.07) is 11.4. The van der Waals surface area contributed by atoms with E-state index in [1.165, 1.54) is 32.3 Å². The van der Waals surface area contributed by atoms with Gasteiger partial charge in [0.05, 0.1) is 27.9 Å². The number of urea groups is 1. The molecule has 0 atom stereocenters. The molecule has 180 valence electrons. The highest BCUT2D eigenvalue weighted by Gasteiger charge is 2.23. The second-order valence-electron chi connectivity index (χ2n) is 8.10. The Balaban J connectivity index is 1.24. The Labute approximate surface area is 198 Å². The Morgan fingerprint density at radius 1 is 1.06 bits per heavy atom. The van der Waals surface area contributed by atoms with E-state index in [1.807, 2.05) is 12.1 Å². The topological polar surface area (TPSA) is 105 Å². The molecule has 0 bridgehead atoms. The van der Waals surface area contributed by atoms with Crippen LogP contribution in [-0.2, 0) is 17.8 Å². The van der Waals surface area contributed by atoms with Crippen molar-refractivity contribution < 1.29 is 23.8 Å². The first kappa shape index (κ1) is 23.3. The van der Waals surface area contributed by atoms with Gasteiger partial charge in [0, 0.05) is 53.9 Å². The van der Waals surface area contributed by atoms with Gasteiger partial charge in [0.25, 0.3) is 0 Å². The summed E-state index contributed by atoms with van der Waals surface area (Å²) < 4.78 is 15.9. The summed E-state index contributed by atoms with van der Waals surface area (Å²) in [5, 5.41) is 6.99. The third-order valence-electron chi connectivity index (χ3n) is 5.98. The lowest BCUT2D eigenvalue weighted by Gasteiger charge is -2.27. The molecule has 3 aromatic rings. The number of anilines is 1. The fourth-order valence-corrected chi connectivity index (χ4v) is 4.30. The Morgan fingerprint density at radius 3 is 2.50 bits per heavy atom. The predicted molar refractivity (Wildman–Crippen MR) is 130 cm³/mol. The average Bonchev–Trinajstić information content (AvgIpc) is 3.23. The van der Waals surface area contributed by atoms with Gasteiger partial charge in [-0.25, -0.2) is 4.79 Å². The minimum atomic E-state index is -0.163. The summed E-state index contributed by atoms with van der Waals surface area (Å²) in [6.45, 7) is 1.64. The number of fused-ring (bicyclic) bond motifs is 3. The lowest BCUT2D eigenvalue weighted by molar-refractivity contribution is -0.116. The van der Waals surface area contributed by atoms with Gasteiger partial charge in [-0.3, -0.25) is 4.79 Å². The summed E-state index contributed by atoms with van der Waals surface area (Å²) in [5.74, 6) is 1.22. The van der Waals surface area contributed by atoms with E-state index < -0.39 is 0 Å². The van der Waals surface area contributed by atoms with E-state index in [9.17, 15) is 9.59 Å². The first-order valence-electron chi connectivity index (χ1n) is 11.2. The van der Waals surface area contributed by atoms with Crippen LogP contribution in [0.1, 0.15) is 24.1 Å². The first-order chi connectivity index (χ1) is 16.5. The summed E-state index contributed by atoms with van der Waals surface area (Å²) in [6.07, 6.45) is 1.61. The van der Waals surface area contributed by atoms with Crippen molar-refractivity contribution >= 4 is 28.5 Å². The number of carbonyl (C=O) groups excluding carboxylic acids is 2. The van der Waals surface area contributed by atoms with Crippen molar-refractivity contribution in [2.75, 3.05) is 39.7 Å². The number of hydrogen-bond donors (Lipinski definition) is 3. The van der Waals surface area contributed by atoms with Gasteiger partial charge in [0.1, 0.15) is 0 Å². The Hall–Kier alpha value is -3.88. The molecule has 0 unspecified atom stereocenters. The molecular weight excluding hydrogens is 436 g/mol. The van der Waals surface area contributed by atoms with Crippen molar-refractivity contribution in [3.63, 3.8) is 0 Å². The fraction of sp³-hybridized carbons (Fsp3) is 0.360. The number of carbonyl (C=O) groups is 2. The number of H-pyrrole nitrogens is 1.